The molecular weight excluding hydrogens is 363 g/mol. The first kappa shape index (κ1) is 20.3. The molecule has 2 rings (SSSR count). The van der Waals surface area contributed by atoms with Crippen LogP contribution in [0, 0.1) is 6.92 Å². The summed E-state index contributed by atoms with van der Waals surface area (Å²) >= 11 is 0. The van der Waals surface area contributed by atoms with E-state index < -0.39 is 34.8 Å². The number of carbonyl (C=O) groups is 2. The number of ether oxygens (including phenoxy) is 1. The predicted octanol–water partition coefficient (Wildman–Crippen LogP) is 4.01. The minimum Gasteiger partial charge on any atom is -0.456 e. The molecule has 1 aromatic carbocycles. The number of carbonyl (C=O) groups excluding carboxylic acids is 2. The molecule has 2 aromatic rings. The number of alkyl halides is 3. The zero-order chi connectivity index (χ0) is 20.4. The van der Waals surface area contributed by atoms with Crippen molar-refractivity contribution in [3.63, 3.8) is 0 Å². The SMILES string of the molecule is Cc1nccc(NC(=O)c2ccc(C(F)(F)F)cc2C(=O)OC(C)(C)C)n1. The minimum absolute atomic E-state index is 0.155. The van der Waals surface area contributed by atoms with E-state index in [9.17, 15) is 22.8 Å². The van der Waals surface area contributed by atoms with Crippen molar-refractivity contribution in [1.29, 1.82) is 0 Å². The number of hydrogen-bond donors (Lipinski definition) is 1. The first-order chi connectivity index (χ1) is 12.4. The molecule has 0 fully saturated rings. The fourth-order valence-electron chi connectivity index (χ4n) is 2.13. The second-order valence-corrected chi connectivity index (χ2v) is 6.70. The highest BCUT2D eigenvalue weighted by Gasteiger charge is 2.33. The Morgan fingerprint density at radius 2 is 1.74 bits per heavy atom. The van der Waals surface area contributed by atoms with Crippen molar-refractivity contribution in [2.24, 2.45) is 0 Å². The van der Waals surface area contributed by atoms with Crippen LogP contribution in [0.5, 0.6) is 0 Å². The lowest BCUT2D eigenvalue weighted by Crippen LogP contribution is -2.26. The number of aryl methyl sites for hydroxylation is 1. The van der Waals surface area contributed by atoms with Crippen molar-refractivity contribution in [3.05, 3.63) is 53.0 Å². The molecule has 0 bridgehead atoms. The Labute approximate surface area is 153 Å². The quantitative estimate of drug-likeness (QED) is 0.813. The number of esters is 1. The Morgan fingerprint density at radius 3 is 2.30 bits per heavy atom. The Hall–Kier alpha value is -2.97. The van der Waals surface area contributed by atoms with Crippen LogP contribution in [0.2, 0.25) is 0 Å². The maximum atomic E-state index is 13.0. The van der Waals surface area contributed by atoms with E-state index in [1.165, 1.54) is 12.3 Å². The standard InChI is InChI=1S/C18H18F3N3O3/c1-10-22-8-7-14(23-10)24-15(25)12-6-5-11(18(19,20)21)9-13(12)16(26)27-17(2,3)4/h5-9H,1-4H3,(H,22,23,24,25). The Kier molecular flexibility index (Phi) is 5.53. The van der Waals surface area contributed by atoms with Crippen molar-refractivity contribution in [3.8, 4) is 0 Å². The fourth-order valence-corrected chi connectivity index (χ4v) is 2.13. The van der Waals surface area contributed by atoms with Crippen LogP contribution in [-0.2, 0) is 10.9 Å². The van der Waals surface area contributed by atoms with Crippen LogP contribution >= 0.6 is 0 Å². The molecule has 1 amide bonds. The monoisotopic (exact) mass is 381 g/mol. The summed E-state index contributed by atoms with van der Waals surface area (Å²) < 4.78 is 44.2. The number of benzene rings is 1. The van der Waals surface area contributed by atoms with Gasteiger partial charge in [0.2, 0.25) is 0 Å². The summed E-state index contributed by atoms with van der Waals surface area (Å²) in [7, 11) is 0. The van der Waals surface area contributed by atoms with Crippen LogP contribution in [0.1, 0.15) is 52.9 Å². The zero-order valence-corrected chi connectivity index (χ0v) is 15.1. The highest BCUT2D eigenvalue weighted by Crippen LogP contribution is 2.31. The van der Waals surface area contributed by atoms with E-state index in [2.05, 4.69) is 15.3 Å². The highest BCUT2D eigenvalue weighted by molar-refractivity contribution is 6.10. The summed E-state index contributed by atoms with van der Waals surface area (Å²) in [5.41, 5.74) is -2.74. The molecule has 0 aliphatic heterocycles. The lowest BCUT2D eigenvalue weighted by molar-refractivity contribution is -0.137. The number of aromatic nitrogens is 2. The number of nitrogens with zero attached hydrogens (tertiary/aromatic N) is 2. The molecule has 0 radical (unpaired) electrons. The van der Waals surface area contributed by atoms with E-state index >= 15 is 0 Å². The minimum atomic E-state index is -4.67. The van der Waals surface area contributed by atoms with Crippen LogP contribution in [-0.4, -0.2) is 27.4 Å². The lowest BCUT2D eigenvalue weighted by Gasteiger charge is -2.21. The summed E-state index contributed by atoms with van der Waals surface area (Å²) in [6.07, 6.45) is -3.25. The molecule has 1 heterocycles. The molecule has 144 valence electrons. The van der Waals surface area contributed by atoms with Crippen molar-refractivity contribution in [2.75, 3.05) is 5.32 Å². The second kappa shape index (κ2) is 7.34. The van der Waals surface area contributed by atoms with Gasteiger partial charge in [0, 0.05) is 6.20 Å². The number of amides is 1. The van der Waals surface area contributed by atoms with E-state index in [1.54, 1.807) is 27.7 Å². The average Bonchev–Trinajstić information content (AvgIpc) is 2.51. The van der Waals surface area contributed by atoms with Crippen LogP contribution in [0.3, 0.4) is 0 Å². The number of rotatable bonds is 3. The topological polar surface area (TPSA) is 81.2 Å². The highest BCUT2D eigenvalue weighted by atomic mass is 19.4. The van der Waals surface area contributed by atoms with Crippen LogP contribution in [0.4, 0.5) is 19.0 Å². The van der Waals surface area contributed by atoms with E-state index in [-0.39, 0.29) is 11.4 Å². The van der Waals surface area contributed by atoms with Gasteiger partial charge in [-0.1, -0.05) is 0 Å². The molecule has 0 spiro atoms. The van der Waals surface area contributed by atoms with E-state index in [4.69, 9.17) is 4.74 Å². The largest absolute Gasteiger partial charge is 0.456 e. The first-order valence-corrected chi connectivity index (χ1v) is 7.92. The molecule has 27 heavy (non-hydrogen) atoms. The van der Waals surface area contributed by atoms with Gasteiger partial charge in [-0.25, -0.2) is 14.8 Å². The third-order valence-electron chi connectivity index (χ3n) is 3.23. The molecule has 0 aliphatic rings. The second-order valence-electron chi connectivity index (χ2n) is 6.70. The summed E-state index contributed by atoms with van der Waals surface area (Å²) in [4.78, 5) is 32.8. The van der Waals surface area contributed by atoms with E-state index in [0.29, 0.717) is 11.9 Å². The molecule has 6 nitrogen and oxygen atoms in total. The zero-order valence-electron chi connectivity index (χ0n) is 15.1. The molecule has 9 heteroatoms. The van der Waals surface area contributed by atoms with Crippen molar-refractivity contribution < 1.29 is 27.5 Å². The fraction of sp³-hybridized carbons (Fsp3) is 0.333. The Bertz CT molecular complexity index is 874. The number of halogens is 3. The number of anilines is 1. The maximum Gasteiger partial charge on any atom is 0.416 e. The smallest absolute Gasteiger partial charge is 0.416 e. The third-order valence-corrected chi connectivity index (χ3v) is 3.23. The third kappa shape index (κ3) is 5.50. The molecule has 1 N–H and O–H groups in total. The molecule has 0 atom stereocenters. The van der Waals surface area contributed by atoms with E-state index in [0.717, 1.165) is 12.1 Å². The summed E-state index contributed by atoms with van der Waals surface area (Å²) in [5, 5.41) is 2.44. The first-order valence-electron chi connectivity index (χ1n) is 7.92. The van der Waals surface area contributed by atoms with Gasteiger partial charge in [-0.15, -0.1) is 0 Å². The van der Waals surface area contributed by atoms with Gasteiger partial charge in [0.1, 0.15) is 17.2 Å². The average molecular weight is 381 g/mol. The van der Waals surface area contributed by atoms with Gasteiger partial charge >= 0.3 is 12.1 Å². The van der Waals surface area contributed by atoms with Gasteiger partial charge in [0.15, 0.2) is 0 Å². The molecule has 0 saturated heterocycles. The van der Waals surface area contributed by atoms with E-state index in [1.807, 2.05) is 0 Å². The van der Waals surface area contributed by atoms with Gasteiger partial charge in [0.25, 0.3) is 5.91 Å². The van der Waals surface area contributed by atoms with Crippen molar-refractivity contribution >= 4 is 17.7 Å². The van der Waals surface area contributed by atoms with Crippen LogP contribution < -0.4 is 5.32 Å². The van der Waals surface area contributed by atoms with Gasteiger partial charge in [-0.05, 0) is 52.0 Å². The molecule has 1 aromatic heterocycles. The molecule has 0 saturated carbocycles. The Morgan fingerprint density at radius 1 is 1.07 bits per heavy atom. The van der Waals surface area contributed by atoms with Crippen LogP contribution in [0.25, 0.3) is 0 Å². The Balaban J connectivity index is 2.44. The van der Waals surface area contributed by atoms with Gasteiger partial charge < -0.3 is 10.1 Å². The molecule has 0 aliphatic carbocycles. The summed E-state index contributed by atoms with van der Waals surface area (Å²) in [6, 6.07) is 3.69. The normalized spacial score (nSPS) is 11.8. The maximum absolute atomic E-state index is 13.0. The van der Waals surface area contributed by atoms with Crippen LogP contribution in [0.15, 0.2) is 30.5 Å². The summed E-state index contributed by atoms with van der Waals surface area (Å²) in [5.74, 6) is -1.27. The lowest BCUT2D eigenvalue weighted by atomic mass is 10.0. The predicted molar refractivity (Wildman–Crippen MR) is 91.3 cm³/mol. The van der Waals surface area contributed by atoms with Crippen molar-refractivity contribution in [2.45, 2.75) is 39.5 Å². The molecule has 0 unspecified atom stereocenters. The van der Waals surface area contributed by atoms with Gasteiger partial charge in [0.05, 0.1) is 16.7 Å². The van der Waals surface area contributed by atoms with Gasteiger partial charge in [-0.3, -0.25) is 4.79 Å². The number of hydrogen-bond acceptors (Lipinski definition) is 5. The van der Waals surface area contributed by atoms with Crippen molar-refractivity contribution in [1.82, 2.24) is 9.97 Å². The summed E-state index contributed by atoms with van der Waals surface area (Å²) in [6.45, 7) is 6.33. The number of nitrogens with one attached hydrogen (secondary N) is 1. The van der Waals surface area contributed by atoms with Gasteiger partial charge in [-0.2, -0.15) is 13.2 Å². The molecular formula is C18H18F3N3O3.